The van der Waals surface area contributed by atoms with E-state index in [1.807, 2.05) is 5.32 Å². The third-order valence-corrected chi connectivity index (χ3v) is 6.00. The minimum atomic E-state index is -3.81. The molecule has 0 aromatic heterocycles. The van der Waals surface area contributed by atoms with Crippen molar-refractivity contribution in [1.29, 1.82) is 0 Å². The first-order valence-electron chi connectivity index (χ1n) is 8.24. The summed E-state index contributed by atoms with van der Waals surface area (Å²) in [6.07, 6.45) is -1.30. The van der Waals surface area contributed by atoms with Crippen LogP contribution in [-0.4, -0.2) is 32.1 Å². The van der Waals surface area contributed by atoms with Crippen LogP contribution in [0.3, 0.4) is 0 Å². The second-order valence-electron chi connectivity index (χ2n) is 6.04. The summed E-state index contributed by atoms with van der Waals surface area (Å²) >= 11 is 6.01. The number of nitrogens with one attached hydrogen (secondary N) is 3. The summed E-state index contributed by atoms with van der Waals surface area (Å²) in [4.78, 5) is 22.2. The van der Waals surface area contributed by atoms with Crippen LogP contribution in [0, 0.1) is 6.92 Å². The van der Waals surface area contributed by atoms with E-state index in [0.717, 1.165) is 0 Å². The van der Waals surface area contributed by atoms with Gasteiger partial charge in [0.25, 0.3) is 0 Å². The molecule has 0 aliphatic carbocycles. The van der Waals surface area contributed by atoms with Gasteiger partial charge in [-0.15, -0.1) is 0 Å². The summed E-state index contributed by atoms with van der Waals surface area (Å²) in [5.74, 6) is -0.540. The van der Waals surface area contributed by atoms with E-state index in [9.17, 15) is 18.0 Å². The van der Waals surface area contributed by atoms with Gasteiger partial charge in [0.2, 0.25) is 15.9 Å². The second kappa shape index (κ2) is 9.05. The first-order valence-corrected chi connectivity index (χ1v) is 10.1. The van der Waals surface area contributed by atoms with Gasteiger partial charge in [0.05, 0.1) is 4.90 Å². The van der Waals surface area contributed by atoms with Crippen molar-refractivity contribution in [3.05, 3.63) is 58.6 Å². The molecule has 2 rings (SSSR count). The number of hydrogen-bond donors (Lipinski definition) is 4. The van der Waals surface area contributed by atoms with E-state index in [2.05, 4.69) is 10.0 Å². The van der Waals surface area contributed by atoms with Crippen LogP contribution in [0.1, 0.15) is 24.1 Å². The molecule has 0 spiro atoms. The van der Waals surface area contributed by atoms with Crippen molar-refractivity contribution >= 4 is 39.3 Å². The molecule has 4 N–H and O–H groups in total. The molecule has 10 heteroatoms. The van der Waals surface area contributed by atoms with Crippen LogP contribution in [0.2, 0.25) is 5.02 Å². The molecule has 0 aliphatic heterocycles. The summed E-state index contributed by atoms with van der Waals surface area (Å²) in [5.41, 5.74) is 1.49. The largest absolute Gasteiger partial charge is 0.465 e. The van der Waals surface area contributed by atoms with Crippen LogP contribution in [0.5, 0.6) is 0 Å². The van der Waals surface area contributed by atoms with E-state index in [0.29, 0.717) is 21.8 Å². The molecule has 1 unspecified atom stereocenters. The Kier molecular flexibility index (Phi) is 7.00. The van der Waals surface area contributed by atoms with Crippen molar-refractivity contribution in [2.75, 3.05) is 11.9 Å². The van der Waals surface area contributed by atoms with Crippen molar-refractivity contribution in [2.24, 2.45) is 0 Å². The van der Waals surface area contributed by atoms with Crippen molar-refractivity contribution in [3.8, 4) is 0 Å². The molecule has 0 fully saturated rings. The molecular formula is C18H20ClN3O5S. The SMILES string of the molecule is Cc1c(Cl)cccc1S(=O)(=O)NC(C)c1cccc(NC(=O)CNC(=O)O)c1. The molecule has 28 heavy (non-hydrogen) atoms. The molecule has 0 radical (unpaired) electrons. The zero-order valence-electron chi connectivity index (χ0n) is 15.2. The third kappa shape index (κ3) is 5.69. The summed E-state index contributed by atoms with van der Waals surface area (Å²) in [6.45, 7) is 2.91. The molecule has 2 amide bonds. The number of carbonyl (C=O) groups is 2. The van der Waals surface area contributed by atoms with Crippen LogP contribution in [-0.2, 0) is 14.8 Å². The quantitative estimate of drug-likeness (QED) is 0.542. The number of carbonyl (C=O) groups excluding carboxylic acids is 1. The highest BCUT2D eigenvalue weighted by molar-refractivity contribution is 7.89. The van der Waals surface area contributed by atoms with Gasteiger partial charge in [0.1, 0.15) is 6.54 Å². The Morgan fingerprint density at radius 3 is 2.54 bits per heavy atom. The zero-order chi connectivity index (χ0) is 20.9. The lowest BCUT2D eigenvalue weighted by Gasteiger charge is -2.17. The smallest absolute Gasteiger partial charge is 0.405 e. The number of benzene rings is 2. The predicted octanol–water partition coefficient (Wildman–Crippen LogP) is 2.89. The van der Waals surface area contributed by atoms with Crippen molar-refractivity contribution < 1.29 is 23.1 Å². The van der Waals surface area contributed by atoms with Gasteiger partial charge in [-0.2, -0.15) is 0 Å². The molecule has 0 saturated carbocycles. The standard InChI is InChI=1S/C18H20ClN3O5S/c1-11-15(19)7-4-8-16(11)28(26,27)22-12(2)13-5-3-6-14(9-13)21-17(23)10-20-18(24)25/h3-9,12,20,22H,10H2,1-2H3,(H,21,23)(H,24,25). The number of rotatable bonds is 7. The Hall–Kier alpha value is -2.62. The maximum Gasteiger partial charge on any atom is 0.405 e. The molecule has 0 aliphatic rings. The number of anilines is 1. The van der Waals surface area contributed by atoms with Crippen LogP contribution >= 0.6 is 11.6 Å². The maximum absolute atomic E-state index is 12.7. The highest BCUT2D eigenvalue weighted by Crippen LogP contribution is 2.25. The molecule has 0 heterocycles. The highest BCUT2D eigenvalue weighted by Gasteiger charge is 2.21. The van der Waals surface area contributed by atoms with Gasteiger partial charge in [-0.25, -0.2) is 17.9 Å². The fourth-order valence-corrected chi connectivity index (χ4v) is 4.22. The van der Waals surface area contributed by atoms with Gasteiger partial charge in [-0.05, 0) is 49.2 Å². The molecule has 2 aromatic rings. The molecule has 150 valence electrons. The van der Waals surface area contributed by atoms with Crippen LogP contribution in [0.25, 0.3) is 0 Å². The van der Waals surface area contributed by atoms with E-state index in [1.54, 1.807) is 50.2 Å². The second-order valence-corrected chi connectivity index (χ2v) is 8.13. The Morgan fingerprint density at radius 2 is 1.86 bits per heavy atom. The molecular weight excluding hydrogens is 406 g/mol. The Labute approximate surface area is 168 Å². The van der Waals surface area contributed by atoms with Gasteiger partial charge in [0.15, 0.2) is 0 Å². The molecule has 1 atom stereocenters. The minimum absolute atomic E-state index is 0.0936. The number of sulfonamides is 1. The molecule has 0 bridgehead atoms. The fraction of sp³-hybridized carbons (Fsp3) is 0.222. The fourth-order valence-electron chi connectivity index (χ4n) is 2.49. The maximum atomic E-state index is 12.7. The number of halogens is 1. The van der Waals surface area contributed by atoms with Crippen molar-refractivity contribution in [2.45, 2.75) is 24.8 Å². The zero-order valence-corrected chi connectivity index (χ0v) is 16.8. The van der Waals surface area contributed by atoms with Gasteiger partial charge in [0, 0.05) is 16.8 Å². The Balaban J connectivity index is 2.14. The van der Waals surface area contributed by atoms with E-state index in [4.69, 9.17) is 16.7 Å². The number of amides is 2. The first-order chi connectivity index (χ1) is 13.1. The van der Waals surface area contributed by atoms with Crippen LogP contribution in [0.15, 0.2) is 47.4 Å². The topological polar surface area (TPSA) is 125 Å². The predicted molar refractivity (Wildman–Crippen MR) is 106 cm³/mol. The molecule has 2 aromatic carbocycles. The summed E-state index contributed by atoms with van der Waals surface area (Å²) < 4.78 is 28.0. The van der Waals surface area contributed by atoms with Crippen molar-refractivity contribution in [3.63, 3.8) is 0 Å². The van der Waals surface area contributed by atoms with E-state index >= 15 is 0 Å². The van der Waals surface area contributed by atoms with Gasteiger partial charge < -0.3 is 15.7 Å². The lowest BCUT2D eigenvalue weighted by atomic mass is 10.1. The lowest BCUT2D eigenvalue weighted by Crippen LogP contribution is -2.31. The number of carboxylic acid groups (broad SMARTS) is 1. The van der Waals surface area contributed by atoms with Gasteiger partial charge >= 0.3 is 6.09 Å². The van der Waals surface area contributed by atoms with Gasteiger partial charge in [-0.1, -0.05) is 29.8 Å². The van der Waals surface area contributed by atoms with Crippen molar-refractivity contribution in [1.82, 2.24) is 10.0 Å². The third-order valence-electron chi connectivity index (χ3n) is 3.91. The average Bonchev–Trinajstić information content (AvgIpc) is 2.62. The van der Waals surface area contributed by atoms with Crippen LogP contribution in [0.4, 0.5) is 10.5 Å². The lowest BCUT2D eigenvalue weighted by molar-refractivity contribution is -0.115. The summed E-state index contributed by atoms with van der Waals surface area (Å²) in [7, 11) is -3.81. The summed E-state index contributed by atoms with van der Waals surface area (Å²) in [6, 6.07) is 10.7. The average molecular weight is 426 g/mol. The van der Waals surface area contributed by atoms with E-state index in [-0.39, 0.29) is 4.90 Å². The van der Waals surface area contributed by atoms with E-state index in [1.165, 1.54) is 6.07 Å². The highest BCUT2D eigenvalue weighted by atomic mass is 35.5. The van der Waals surface area contributed by atoms with E-state index < -0.39 is 34.6 Å². The molecule has 0 saturated heterocycles. The molecule has 8 nitrogen and oxygen atoms in total. The number of hydrogen-bond acceptors (Lipinski definition) is 4. The Bertz CT molecular complexity index is 994. The van der Waals surface area contributed by atoms with Gasteiger partial charge in [-0.3, -0.25) is 4.79 Å². The first kappa shape index (κ1) is 21.7. The Morgan fingerprint density at radius 1 is 1.18 bits per heavy atom. The summed E-state index contributed by atoms with van der Waals surface area (Å²) in [5, 5.41) is 13.4. The minimum Gasteiger partial charge on any atom is -0.465 e. The monoisotopic (exact) mass is 425 g/mol. The van der Waals surface area contributed by atoms with Crippen LogP contribution < -0.4 is 15.4 Å². The normalized spacial score (nSPS) is 12.2.